The molecule has 0 bridgehead atoms. The van der Waals surface area contributed by atoms with Gasteiger partial charge in [0.05, 0.1) is 0 Å². The van der Waals surface area contributed by atoms with Crippen LogP contribution in [0.15, 0.2) is 71.2 Å². The molecule has 1 aliphatic rings. The number of aliphatic hydroxyl groups excluding tert-OH is 1. The average Bonchev–Trinajstić information content (AvgIpc) is 2.82. The van der Waals surface area contributed by atoms with Crippen LogP contribution in [-0.2, 0) is 0 Å². The highest BCUT2D eigenvalue weighted by atomic mass is 79.9. The molecular formula is C19H13BrO. The molecule has 1 atom stereocenters. The van der Waals surface area contributed by atoms with Crippen molar-refractivity contribution >= 4 is 15.9 Å². The van der Waals surface area contributed by atoms with Gasteiger partial charge in [0, 0.05) is 15.6 Å². The Morgan fingerprint density at radius 1 is 0.762 bits per heavy atom. The van der Waals surface area contributed by atoms with E-state index in [1.54, 1.807) is 0 Å². The Bertz CT molecular complexity index is 824. The summed E-state index contributed by atoms with van der Waals surface area (Å²) >= 11 is 3.65. The zero-order valence-electron chi connectivity index (χ0n) is 11.3. The molecule has 1 unspecified atom stereocenters. The van der Waals surface area contributed by atoms with Gasteiger partial charge in [-0.15, -0.1) is 0 Å². The Hall–Kier alpha value is -1.90. The van der Waals surface area contributed by atoms with Gasteiger partial charge in [-0.3, -0.25) is 0 Å². The molecule has 3 aromatic carbocycles. The molecule has 0 amide bonds. The third-order valence-electron chi connectivity index (χ3n) is 4.08. The molecule has 0 radical (unpaired) electrons. The first-order valence-corrected chi connectivity index (χ1v) is 7.72. The van der Waals surface area contributed by atoms with Crippen LogP contribution < -0.4 is 0 Å². The topological polar surface area (TPSA) is 20.2 Å². The number of hydrogen-bond donors (Lipinski definition) is 1. The zero-order chi connectivity index (χ0) is 14.4. The molecule has 21 heavy (non-hydrogen) atoms. The fourth-order valence-corrected chi connectivity index (χ4v) is 3.72. The van der Waals surface area contributed by atoms with Gasteiger partial charge in [0.2, 0.25) is 0 Å². The zero-order valence-corrected chi connectivity index (χ0v) is 12.8. The largest absolute Gasteiger partial charge is 0.384 e. The highest BCUT2D eigenvalue weighted by molar-refractivity contribution is 9.10. The Kier molecular flexibility index (Phi) is 2.95. The molecule has 0 saturated carbocycles. The SMILES string of the molecule is OC1c2ccccc2-c2ccc(Br)c(-c3ccccc3)c21. The van der Waals surface area contributed by atoms with Crippen LogP contribution in [-0.4, -0.2) is 5.11 Å². The quantitative estimate of drug-likeness (QED) is 0.649. The highest BCUT2D eigenvalue weighted by Crippen LogP contribution is 2.49. The number of hydrogen-bond acceptors (Lipinski definition) is 1. The maximum absolute atomic E-state index is 10.8. The van der Waals surface area contributed by atoms with E-state index in [0.29, 0.717) is 0 Å². The predicted molar refractivity (Wildman–Crippen MR) is 89.1 cm³/mol. The van der Waals surface area contributed by atoms with Crippen molar-refractivity contribution in [3.63, 3.8) is 0 Å². The van der Waals surface area contributed by atoms with Crippen LogP contribution in [0.1, 0.15) is 17.2 Å². The molecule has 0 heterocycles. The summed E-state index contributed by atoms with van der Waals surface area (Å²) in [5.41, 5.74) is 6.44. The van der Waals surface area contributed by atoms with Crippen LogP contribution in [0, 0.1) is 0 Å². The molecule has 4 rings (SSSR count). The fraction of sp³-hybridized carbons (Fsp3) is 0.0526. The summed E-state index contributed by atoms with van der Waals surface area (Å²) in [6, 6.07) is 22.4. The van der Waals surface area contributed by atoms with Crippen molar-refractivity contribution in [1.29, 1.82) is 0 Å². The van der Waals surface area contributed by atoms with Gasteiger partial charge in [-0.2, -0.15) is 0 Å². The second-order valence-electron chi connectivity index (χ2n) is 5.24. The van der Waals surface area contributed by atoms with E-state index in [-0.39, 0.29) is 0 Å². The van der Waals surface area contributed by atoms with Crippen molar-refractivity contribution in [3.05, 3.63) is 82.3 Å². The summed E-state index contributed by atoms with van der Waals surface area (Å²) in [6.45, 7) is 0. The van der Waals surface area contributed by atoms with E-state index in [9.17, 15) is 5.11 Å². The van der Waals surface area contributed by atoms with E-state index in [0.717, 1.165) is 37.9 Å². The lowest BCUT2D eigenvalue weighted by molar-refractivity contribution is 0.225. The van der Waals surface area contributed by atoms with Crippen molar-refractivity contribution in [2.75, 3.05) is 0 Å². The van der Waals surface area contributed by atoms with Crippen LogP contribution in [0.25, 0.3) is 22.3 Å². The minimum Gasteiger partial charge on any atom is -0.384 e. The van der Waals surface area contributed by atoms with Crippen molar-refractivity contribution in [1.82, 2.24) is 0 Å². The Labute approximate surface area is 132 Å². The molecule has 1 aliphatic carbocycles. The first-order valence-electron chi connectivity index (χ1n) is 6.92. The lowest BCUT2D eigenvalue weighted by Crippen LogP contribution is -1.97. The van der Waals surface area contributed by atoms with Gasteiger partial charge in [0.1, 0.15) is 6.10 Å². The van der Waals surface area contributed by atoms with Gasteiger partial charge in [-0.05, 0) is 28.3 Å². The predicted octanol–water partition coefficient (Wildman–Crippen LogP) is 5.18. The van der Waals surface area contributed by atoms with Gasteiger partial charge in [-0.25, -0.2) is 0 Å². The summed E-state index contributed by atoms with van der Waals surface area (Å²) < 4.78 is 1.01. The van der Waals surface area contributed by atoms with E-state index < -0.39 is 6.10 Å². The van der Waals surface area contributed by atoms with Crippen molar-refractivity contribution in [2.24, 2.45) is 0 Å². The maximum Gasteiger partial charge on any atom is 0.106 e. The minimum atomic E-state index is -0.566. The second-order valence-corrected chi connectivity index (χ2v) is 6.09. The Morgan fingerprint density at radius 2 is 1.48 bits per heavy atom. The molecule has 0 fully saturated rings. The lowest BCUT2D eigenvalue weighted by Gasteiger charge is -2.14. The molecular weight excluding hydrogens is 324 g/mol. The molecule has 0 aliphatic heterocycles. The van der Waals surface area contributed by atoms with Gasteiger partial charge >= 0.3 is 0 Å². The number of benzene rings is 3. The summed E-state index contributed by atoms with van der Waals surface area (Å²) in [5.74, 6) is 0. The van der Waals surface area contributed by atoms with Crippen LogP contribution in [0.3, 0.4) is 0 Å². The first kappa shape index (κ1) is 12.8. The van der Waals surface area contributed by atoms with Gasteiger partial charge in [0.25, 0.3) is 0 Å². The van der Waals surface area contributed by atoms with E-state index >= 15 is 0 Å². The van der Waals surface area contributed by atoms with Gasteiger partial charge < -0.3 is 5.11 Å². The standard InChI is InChI=1S/C19H13BrO/c20-16-11-10-14-13-8-4-5-9-15(13)19(21)18(14)17(16)12-6-2-1-3-7-12/h1-11,19,21H. The van der Waals surface area contributed by atoms with E-state index in [1.165, 1.54) is 0 Å². The first-order chi connectivity index (χ1) is 10.3. The van der Waals surface area contributed by atoms with Crippen LogP contribution >= 0.6 is 15.9 Å². The average molecular weight is 337 g/mol. The summed E-state index contributed by atoms with van der Waals surface area (Å²) in [6.07, 6.45) is -0.566. The molecule has 1 N–H and O–H groups in total. The number of aliphatic hydroxyl groups is 1. The van der Waals surface area contributed by atoms with Crippen LogP contribution in [0.5, 0.6) is 0 Å². The molecule has 0 saturated heterocycles. The van der Waals surface area contributed by atoms with Crippen molar-refractivity contribution in [3.8, 4) is 22.3 Å². The summed E-state index contributed by atoms with van der Waals surface area (Å²) in [4.78, 5) is 0. The number of fused-ring (bicyclic) bond motifs is 3. The van der Waals surface area contributed by atoms with E-state index in [1.807, 2.05) is 36.4 Å². The molecule has 3 aromatic rings. The molecule has 102 valence electrons. The number of rotatable bonds is 1. The van der Waals surface area contributed by atoms with Crippen molar-refractivity contribution in [2.45, 2.75) is 6.10 Å². The summed E-state index contributed by atoms with van der Waals surface area (Å²) in [5, 5.41) is 10.8. The second kappa shape index (κ2) is 4.83. The van der Waals surface area contributed by atoms with Crippen LogP contribution in [0.4, 0.5) is 0 Å². The smallest absolute Gasteiger partial charge is 0.106 e. The van der Waals surface area contributed by atoms with Gasteiger partial charge in [-0.1, -0.05) is 76.6 Å². The minimum absolute atomic E-state index is 0.566. The number of halogens is 1. The molecule has 0 spiro atoms. The fourth-order valence-electron chi connectivity index (χ4n) is 3.15. The van der Waals surface area contributed by atoms with E-state index in [4.69, 9.17) is 0 Å². The molecule has 0 aromatic heterocycles. The lowest BCUT2D eigenvalue weighted by atomic mass is 9.95. The van der Waals surface area contributed by atoms with E-state index in [2.05, 4.69) is 46.3 Å². The monoisotopic (exact) mass is 336 g/mol. The normalized spacial score (nSPS) is 15.6. The third-order valence-corrected chi connectivity index (χ3v) is 4.74. The Balaban J connectivity index is 2.05. The maximum atomic E-state index is 10.8. The summed E-state index contributed by atoms with van der Waals surface area (Å²) in [7, 11) is 0. The third kappa shape index (κ3) is 1.87. The molecule has 1 nitrogen and oxygen atoms in total. The Morgan fingerprint density at radius 3 is 2.29 bits per heavy atom. The van der Waals surface area contributed by atoms with Crippen LogP contribution in [0.2, 0.25) is 0 Å². The van der Waals surface area contributed by atoms with Gasteiger partial charge in [0.15, 0.2) is 0 Å². The highest BCUT2D eigenvalue weighted by Gasteiger charge is 2.30. The molecule has 2 heteroatoms. The van der Waals surface area contributed by atoms with Crippen molar-refractivity contribution < 1.29 is 5.11 Å².